The van der Waals surface area contributed by atoms with E-state index in [4.69, 9.17) is 5.73 Å². The molecule has 0 aliphatic carbocycles. The molecule has 0 unspecified atom stereocenters. The minimum absolute atomic E-state index is 0.0966. The van der Waals surface area contributed by atoms with Gasteiger partial charge < -0.3 is 16.4 Å². The average molecular weight is 159 g/mol. The Balaban J connectivity index is 3.22. The van der Waals surface area contributed by atoms with Crippen molar-refractivity contribution in [1.82, 2.24) is 10.6 Å². The molecule has 0 fully saturated rings. The van der Waals surface area contributed by atoms with Crippen LogP contribution in [0.2, 0.25) is 0 Å². The summed E-state index contributed by atoms with van der Waals surface area (Å²) in [6.45, 7) is 7.52. The highest BCUT2D eigenvalue weighted by Crippen LogP contribution is 1.95. The SMILES string of the molecule is CC(C)(C)NCCNC(N)=O. The summed E-state index contributed by atoms with van der Waals surface area (Å²) in [5, 5.41) is 5.70. The molecular weight excluding hydrogens is 142 g/mol. The van der Waals surface area contributed by atoms with Crippen molar-refractivity contribution < 1.29 is 4.79 Å². The molecule has 0 aromatic carbocycles. The lowest BCUT2D eigenvalue weighted by molar-refractivity contribution is 0.248. The summed E-state index contributed by atoms with van der Waals surface area (Å²) >= 11 is 0. The van der Waals surface area contributed by atoms with Crippen molar-refractivity contribution in [1.29, 1.82) is 0 Å². The van der Waals surface area contributed by atoms with Gasteiger partial charge in [-0.15, -0.1) is 0 Å². The third-order valence-electron chi connectivity index (χ3n) is 1.08. The molecule has 0 aliphatic rings. The van der Waals surface area contributed by atoms with Gasteiger partial charge in [-0.05, 0) is 20.8 Å². The van der Waals surface area contributed by atoms with Crippen LogP contribution in [0.1, 0.15) is 20.8 Å². The fraction of sp³-hybridized carbons (Fsp3) is 0.857. The van der Waals surface area contributed by atoms with Crippen molar-refractivity contribution in [3.63, 3.8) is 0 Å². The smallest absolute Gasteiger partial charge is 0.312 e. The molecular formula is C7H17N3O. The van der Waals surface area contributed by atoms with Gasteiger partial charge in [0.2, 0.25) is 0 Å². The summed E-state index contributed by atoms with van der Waals surface area (Å²) in [7, 11) is 0. The van der Waals surface area contributed by atoms with E-state index in [1.165, 1.54) is 0 Å². The Bertz CT molecular complexity index is 128. The number of nitrogens with one attached hydrogen (secondary N) is 2. The number of urea groups is 1. The first-order valence-corrected chi connectivity index (χ1v) is 3.70. The van der Waals surface area contributed by atoms with Gasteiger partial charge in [-0.1, -0.05) is 0 Å². The first kappa shape index (κ1) is 10.2. The quantitative estimate of drug-likeness (QED) is 0.509. The van der Waals surface area contributed by atoms with Crippen LogP contribution in [-0.2, 0) is 0 Å². The monoisotopic (exact) mass is 159 g/mol. The van der Waals surface area contributed by atoms with Crippen LogP contribution in [0.15, 0.2) is 0 Å². The molecule has 0 heterocycles. The fourth-order valence-corrected chi connectivity index (χ4v) is 0.623. The van der Waals surface area contributed by atoms with Gasteiger partial charge in [-0.25, -0.2) is 4.79 Å². The Morgan fingerprint density at radius 1 is 1.36 bits per heavy atom. The molecule has 0 spiro atoms. The lowest BCUT2D eigenvalue weighted by Gasteiger charge is -2.20. The van der Waals surface area contributed by atoms with Crippen LogP contribution < -0.4 is 16.4 Å². The third-order valence-corrected chi connectivity index (χ3v) is 1.08. The summed E-state index contributed by atoms with van der Waals surface area (Å²) in [4.78, 5) is 10.2. The van der Waals surface area contributed by atoms with E-state index in [-0.39, 0.29) is 5.54 Å². The summed E-state index contributed by atoms with van der Waals surface area (Å²) in [6.07, 6.45) is 0. The van der Waals surface area contributed by atoms with E-state index < -0.39 is 6.03 Å². The van der Waals surface area contributed by atoms with Gasteiger partial charge in [0.15, 0.2) is 0 Å². The molecule has 2 amide bonds. The number of amides is 2. The topological polar surface area (TPSA) is 67.2 Å². The molecule has 4 nitrogen and oxygen atoms in total. The molecule has 0 saturated heterocycles. The van der Waals surface area contributed by atoms with Gasteiger partial charge in [0.25, 0.3) is 0 Å². The Hall–Kier alpha value is -0.770. The van der Waals surface area contributed by atoms with Crippen LogP contribution in [0.25, 0.3) is 0 Å². The normalized spacial score (nSPS) is 11.2. The zero-order chi connectivity index (χ0) is 8.91. The molecule has 0 radical (unpaired) electrons. The summed E-state index contributed by atoms with van der Waals surface area (Å²) in [5.41, 5.74) is 4.96. The Morgan fingerprint density at radius 2 is 1.91 bits per heavy atom. The van der Waals surface area contributed by atoms with Gasteiger partial charge in [-0.2, -0.15) is 0 Å². The third kappa shape index (κ3) is 9.23. The summed E-state index contributed by atoms with van der Waals surface area (Å²) < 4.78 is 0. The number of primary amides is 1. The number of carbonyl (C=O) groups is 1. The first-order valence-electron chi connectivity index (χ1n) is 3.70. The molecule has 0 aromatic rings. The molecule has 4 N–H and O–H groups in total. The summed E-state index contributed by atoms with van der Waals surface area (Å²) in [6, 6.07) is -0.472. The number of rotatable bonds is 3. The van der Waals surface area contributed by atoms with Crippen molar-refractivity contribution in [3.8, 4) is 0 Å². The van der Waals surface area contributed by atoms with E-state index in [9.17, 15) is 4.79 Å². The number of nitrogens with two attached hydrogens (primary N) is 1. The largest absolute Gasteiger partial charge is 0.352 e. The number of hydrogen-bond acceptors (Lipinski definition) is 2. The number of hydrogen-bond donors (Lipinski definition) is 3. The highest BCUT2D eigenvalue weighted by molar-refractivity contribution is 5.71. The molecule has 11 heavy (non-hydrogen) atoms. The predicted octanol–water partition coefficient (Wildman–Crippen LogP) is 0.0428. The molecule has 0 aliphatic heterocycles. The van der Waals surface area contributed by atoms with E-state index in [2.05, 4.69) is 31.4 Å². The highest BCUT2D eigenvalue weighted by atomic mass is 16.2. The summed E-state index contributed by atoms with van der Waals surface area (Å²) in [5.74, 6) is 0. The van der Waals surface area contributed by atoms with Crippen LogP contribution in [-0.4, -0.2) is 24.7 Å². The number of carbonyl (C=O) groups excluding carboxylic acids is 1. The van der Waals surface area contributed by atoms with Gasteiger partial charge in [0, 0.05) is 18.6 Å². The van der Waals surface area contributed by atoms with Crippen molar-refractivity contribution in [3.05, 3.63) is 0 Å². The van der Waals surface area contributed by atoms with Crippen LogP contribution in [0.5, 0.6) is 0 Å². The van der Waals surface area contributed by atoms with Gasteiger partial charge >= 0.3 is 6.03 Å². The second-order valence-electron chi connectivity index (χ2n) is 3.47. The van der Waals surface area contributed by atoms with E-state index in [1.54, 1.807) is 0 Å². The van der Waals surface area contributed by atoms with Crippen LogP contribution in [0.3, 0.4) is 0 Å². The maximum atomic E-state index is 10.2. The molecule has 0 atom stereocenters. The maximum absolute atomic E-state index is 10.2. The van der Waals surface area contributed by atoms with Crippen molar-refractivity contribution in [2.45, 2.75) is 26.3 Å². The Labute approximate surface area is 67.5 Å². The minimum Gasteiger partial charge on any atom is -0.352 e. The van der Waals surface area contributed by atoms with Gasteiger partial charge in [0.05, 0.1) is 0 Å². The zero-order valence-corrected chi connectivity index (χ0v) is 7.40. The van der Waals surface area contributed by atoms with Crippen LogP contribution in [0, 0.1) is 0 Å². The van der Waals surface area contributed by atoms with E-state index in [1.807, 2.05) is 0 Å². The zero-order valence-electron chi connectivity index (χ0n) is 7.40. The van der Waals surface area contributed by atoms with E-state index >= 15 is 0 Å². The van der Waals surface area contributed by atoms with Crippen LogP contribution >= 0.6 is 0 Å². The van der Waals surface area contributed by atoms with Gasteiger partial charge in [-0.3, -0.25) is 0 Å². The van der Waals surface area contributed by atoms with E-state index in [0.717, 1.165) is 6.54 Å². The van der Waals surface area contributed by atoms with Crippen molar-refractivity contribution in [2.24, 2.45) is 5.73 Å². The van der Waals surface area contributed by atoms with Crippen LogP contribution in [0.4, 0.5) is 4.79 Å². The maximum Gasteiger partial charge on any atom is 0.312 e. The second-order valence-corrected chi connectivity index (χ2v) is 3.47. The Kier molecular flexibility index (Phi) is 3.89. The molecule has 66 valence electrons. The molecule has 0 rings (SSSR count). The molecule has 0 bridgehead atoms. The minimum atomic E-state index is -0.472. The van der Waals surface area contributed by atoms with Gasteiger partial charge in [0.1, 0.15) is 0 Å². The Morgan fingerprint density at radius 3 is 2.27 bits per heavy atom. The fourth-order valence-electron chi connectivity index (χ4n) is 0.623. The standard InChI is InChI=1S/C7H17N3O/c1-7(2,3)10-5-4-9-6(8)11/h10H,4-5H2,1-3H3,(H3,8,9,11). The lowest BCUT2D eigenvalue weighted by Crippen LogP contribution is -2.42. The van der Waals surface area contributed by atoms with E-state index in [0.29, 0.717) is 6.54 Å². The predicted molar refractivity (Wildman–Crippen MR) is 45.3 cm³/mol. The molecule has 0 saturated carbocycles. The highest BCUT2D eigenvalue weighted by Gasteiger charge is 2.06. The lowest BCUT2D eigenvalue weighted by atomic mass is 10.1. The second kappa shape index (κ2) is 4.18. The molecule has 4 heteroatoms. The molecule has 0 aromatic heterocycles. The first-order chi connectivity index (χ1) is 4.92. The average Bonchev–Trinajstić information content (AvgIpc) is 1.78. The van der Waals surface area contributed by atoms with Crippen molar-refractivity contribution in [2.75, 3.05) is 13.1 Å². The van der Waals surface area contributed by atoms with Crippen molar-refractivity contribution >= 4 is 6.03 Å².